The zero-order chi connectivity index (χ0) is 12.6. The number of amides is 1. The molecule has 0 spiro atoms. The Bertz CT molecular complexity index is 457. The average molecular weight is 256 g/mol. The second-order valence-corrected chi connectivity index (χ2v) is 4.97. The number of carbonyl (C=O) groups is 1. The van der Waals surface area contributed by atoms with Gasteiger partial charge in [0.05, 0.1) is 17.9 Å². The molecule has 1 fully saturated rings. The predicted molar refractivity (Wildman–Crippen MR) is 65.9 cm³/mol. The molecule has 1 aliphatic rings. The number of ether oxygens (including phenoxy) is 1. The van der Waals surface area contributed by atoms with E-state index < -0.39 is 6.09 Å². The van der Waals surface area contributed by atoms with Crippen LogP contribution in [0.1, 0.15) is 12.5 Å². The molecule has 1 heterocycles. The van der Waals surface area contributed by atoms with Crippen molar-refractivity contribution < 1.29 is 14.6 Å². The highest BCUT2D eigenvalue weighted by Crippen LogP contribution is 2.34. The summed E-state index contributed by atoms with van der Waals surface area (Å²) in [6.45, 7) is 2.70. The molecule has 1 amide bonds. The molecule has 1 aromatic rings. The van der Waals surface area contributed by atoms with Crippen LogP contribution in [-0.2, 0) is 11.2 Å². The molecule has 1 N–H and O–H groups in total. The molecule has 17 heavy (non-hydrogen) atoms. The van der Waals surface area contributed by atoms with Gasteiger partial charge in [0.15, 0.2) is 0 Å². The number of benzene rings is 1. The molecular formula is C12H14ClNO3. The van der Waals surface area contributed by atoms with Gasteiger partial charge in [-0.15, -0.1) is 0 Å². The van der Waals surface area contributed by atoms with Crippen molar-refractivity contribution in [1.29, 1.82) is 0 Å². The van der Waals surface area contributed by atoms with Gasteiger partial charge < -0.3 is 9.84 Å². The minimum absolute atomic E-state index is 0.168. The predicted octanol–water partition coefficient (Wildman–Crippen LogP) is 2.79. The molecule has 0 aromatic heterocycles. The molecule has 1 aromatic carbocycles. The van der Waals surface area contributed by atoms with Crippen molar-refractivity contribution in [3.05, 3.63) is 28.8 Å². The first kappa shape index (κ1) is 12.2. The van der Waals surface area contributed by atoms with Crippen LogP contribution in [-0.4, -0.2) is 30.5 Å². The molecule has 2 rings (SSSR count). The summed E-state index contributed by atoms with van der Waals surface area (Å²) in [5.41, 5.74) is 1.37. The lowest BCUT2D eigenvalue weighted by atomic mass is 10.00. The number of epoxide rings is 1. The molecule has 5 heteroatoms. The quantitative estimate of drug-likeness (QED) is 0.845. The highest BCUT2D eigenvalue weighted by atomic mass is 35.5. The van der Waals surface area contributed by atoms with Gasteiger partial charge in [0.1, 0.15) is 0 Å². The fourth-order valence-corrected chi connectivity index (χ4v) is 1.95. The molecule has 0 aliphatic carbocycles. The molecule has 1 saturated heterocycles. The molecule has 0 radical (unpaired) electrons. The Morgan fingerprint density at radius 3 is 2.82 bits per heavy atom. The maximum Gasteiger partial charge on any atom is 0.411 e. The van der Waals surface area contributed by atoms with E-state index in [1.54, 1.807) is 18.2 Å². The number of hydrogen-bond acceptors (Lipinski definition) is 2. The van der Waals surface area contributed by atoms with Crippen LogP contribution in [0.5, 0.6) is 0 Å². The molecular weight excluding hydrogens is 242 g/mol. The van der Waals surface area contributed by atoms with Crippen molar-refractivity contribution in [3.63, 3.8) is 0 Å². The van der Waals surface area contributed by atoms with Gasteiger partial charge in [-0.2, -0.15) is 0 Å². The average Bonchev–Trinajstić information content (AvgIpc) is 2.95. The maximum atomic E-state index is 11.0. The SMILES string of the molecule is CN(C(=O)O)c1ccc(Cl)cc1CC1(C)CO1. The normalized spacial score (nSPS) is 22.3. The second kappa shape index (κ2) is 4.20. The zero-order valence-corrected chi connectivity index (χ0v) is 10.5. The van der Waals surface area contributed by atoms with Gasteiger partial charge >= 0.3 is 6.09 Å². The number of nitrogens with zero attached hydrogens (tertiary/aromatic N) is 1. The molecule has 1 atom stereocenters. The van der Waals surface area contributed by atoms with E-state index in [1.807, 2.05) is 6.92 Å². The van der Waals surface area contributed by atoms with Gasteiger partial charge in [-0.1, -0.05) is 11.6 Å². The molecule has 1 aliphatic heterocycles. The van der Waals surface area contributed by atoms with Gasteiger partial charge in [-0.25, -0.2) is 4.79 Å². The zero-order valence-electron chi connectivity index (χ0n) is 9.74. The fourth-order valence-electron chi connectivity index (χ4n) is 1.75. The summed E-state index contributed by atoms with van der Waals surface area (Å²) in [4.78, 5) is 12.2. The maximum absolute atomic E-state index is 11.0. The summed E-state index contributed by atoms with van der Waals surface area (Å²) in [6, 6.07) is 5.21. The Morgan fingerprint density at radius 2 is 2.29 bits per heavy atom. The summed E-state index contributed by atoms with van der Waals surface area (Å²) in [5, 5.41) is 9.61. The Kier molecular flexibility index (Phi) is 3.02. The van der Waals surface area contributed by atoms with Crippen molar-refractivity contribution >= 4 is 23.4 Å². The lowest BCUT2D eigenvalue weighted by Gasteiger charge is -2.19. The van der Waals surface area contributed by atoms with Crippen LogP contribution in [0.3, 0.4) is 0 Å². The van der Waals surface area contributed by atoms with Crippen molar-refractivity contribution in [1.82, 2.24) is 0 Å². The molecule has 1 unspecified atom stereocenters. The Balaban J connectivity index is 2.33. The molecule has 0 bridgehead atoms. The second-order valence-electron chi connectivity index (χ2n) is 4.53. The van der Waals surface area contributed by atoms with E-state index in [-0.39, 0.29) is 5.60 Å². The van der Waals surface area contributed by atoms with Crippen molar-refractivity contribution in [3.8, 4) is 0 Å². The largest absolute Gasteiger partial charge is 0.465 e. The topological polar surface area (TPSA) is 53.1 Å². The Morgan fingerprint density at radius 1 is 1.65 bits per heavy atom. The number of hydrogen-bond donors (Lipinski definition) is 1. The summed E-state index contributed by atoms with van der Waals surface area (Å²) in [5.74, 6) is 0. The van der Waals surface area contributed by atoms with Crippen LogP contribution >= 0.6 is 11.6 Å². The van der Waals surface area contributed by atoms with Gasteiger partial charge in [0, 0.05) is 18.5 Å². The lowest BCUT2D eigenvalue weighted by Crippen LogP contribution is -2.25. The Labute approximate surface area is 105 Å². The van der Waals surface area contributed by atoms with E-state index in [4.69, 9.17) is 21.4 Å². The summed E-state index contributed by atoms with van der Waals surface area (Å²) in [6.07, 6.45) is -0.323. The minimum atomic E-state index is -0.990. The minimum Gasteiger partial charge on any atom is -0.465 e. The van der Waals surface area contributed by atoms with E-state index in [2.05, 4.69) is 0 Å². The van der Waals surface area contributed by atoms with E-state index in [0.717, 1.165) is 5.56 Å². The third-order valence-electron chi connectivity index (χ3n) is 2.89. The number of rotatable bonds is 3. The van der Waals surface area contributed by atoms with Gasteiger partial charge in [-0.3, -0.25) is 4.90 Å². The van der Waals surface area contributed by atoms with E-state index in [1.165, 1.54) is 11.9 Å². The summed E-state index contributed by atoms with van der Waals surface area (Å²) < 4.78 is 5.33. The monoisotopic (exact) mass is 255 g/mol. The number of carboxylic acid groups (broad SMARTS) is 1. The third kappa shape index (κ3) is 2.70. The van der Waals surface area contributed by atoms with Crippen molar-refractivity contribution in [2.75, 3.05) is 18.6 Å². The molecule has 4 nitrogen and oxygen atoms in total. The van der Waals surface area contributed by atoms with Crippen LogP contribution in [0.4, 0.5) is 10.5 Å². The van der Waals surface area contributed by atoms with E-state index in [9.17, 15) is 4.79 Å². The van der Waals surface area contributed by atoms with Crippen molar-refractivity contribution in [2.24, 2.45) is 0 Å². The van der Waals surface area contributed by atoms with Crippen LogP contribution < -0.4 is 4.90 Å². The first-order valence-corrected chi connectivity index (χ1v) is 5.68. The summed E-state index contributed by atoms with van der Waals surface area (Å²) >= 11 is 5.94. The third-order valence-corrected chi connectivity index (χ3v) is 3.13. The first-order valence-electron chi connectivity index (χ1n) is 5.30. The highest BCUT2D eigenvalue weighted by Gasteiger charge is 2.40. The number of halogens is 1. The van der Waals surface area contributed by atoms with Crippen molar-refractivity contribution in [2.45, 2.75) is 18.9 Å². The van der Waals surface area contributed by atoms with E-state index in [0.29, 0.717) is 23.7 Å². The molecule has 92 valence electrons. The van der Waals surface area contributed by atoms with Gasteiger partial charge in [0.2, 0.25) is 0 Å². The molecule has 0 saturated carbocycles. The van der Waals surface area contributed by atoms with Crippen LogP contribution in [0.15, 0.2) is 18.2 Å². The van der Waals surface area contributed by atoms with Crippen LogP contribution in [0, 0.1) is 0 Å². The smallest absolute Gasteiger partial charge is 0.411 e. The van der Waals surface area contributed by atoms with Gasteiger partial charge in [-0.05, 0) is 30.7 Å². The standard InChI is InChI=1S/C12H14ClNO3/c1-12(7-17-12)6-8-5-9(13)3-4-10(8)14(2)11(15)16/h3-5H,6-7H2,1-2H3,(H,15,16). The first-order chi connectivity index (χ1) is 7.91. The Hall–Kier alpha value is -1.26. The van der Waals surface area contributed by atoms with E-state index >= 15 is 0 Å². The highest BCUT2D eigenvalue weighted by molar-refractivity contribution is 6.30. The summed E-state index contributed by atoms with van der Waals surface area (Å²) in [7, 11) is 1.52. The number of anilines is 1. The van der Waals surface area contributed by atoms with Gasteiger partial charge in [0.25, 0.3) is 0 Å². The van der Waals surface area contributed by atoms with Crippen LogP contribution in [0.25, 0.3) is 0 Å². The fraction of sp³-hybridized carbons (Fsp3) is 0.417. The van der Waals surface area contributed by atoms with Crippen LogP contribution in [0.2, 0.25) is 5.02 Å². The lowest BCUT2D eigenvalue weighted by molar-refractivity contribution is 0.203.